The van der Waals surface area contributed by atoms with Crippen molar-refractivity contribution in [3.05, 3.63) is 34.7 Å². The first-order chi connectivity index (χ1) is 9.74. The zero-order valence-corrected chi connectivity index (χ0v) is 12.3. The molecule has 3 nitrogen and oxygen atoms in total. The number of hydrogen-bond acceptors (Lipinski definition) is 3. The summed E-state index contributed by atoms with van der Waals surface area (Å²) in [4.78, 5) is 13.6. The Labute approximate surface area is 122 Å². The number of carboxylic acid groups (broad SMARTS) is 1. The Morgan fingerprint density at radius 2 is 1.95 bits per heavy atom. The van der Waals surface area contributed by atoms with E-state index in [-0.39, 0.29) is 0 Å². The first-order valence-electron chi connectivity index (χ1n) is 7.20. The molecule has 1 aliphatic rings. The Kier molecular flexibility index (Phi) is 4.03. The second kappa shape index (κ2) is 5.94. The van der Waals surface area contributed by atoms with Crippen LogP contribution in [0.4, 0.5) is 0 Å². The number of fused-ring (bicyclic) bond motifs is 1. The van der Waals surface area contributed by atoms with Crippen molar-refractivity contribution in [2.45, 2.75) is 32.2 Å². The minimum atomic E-state index is -0.848. The van der Waals surface area contributed by atoms with Crippen LogP contribution < -0.4 is 0 Å². The van der Waals surface area contributed by atoms with E-state index in [1.165, 1.54) is 35.9 Å². The summed E-state index contributed by atoms with van der Waals surface area (Å²) in [6.45, 7) is 3.27. The van der Waals surface area contributed by atoms with Crippen molar-refractivity contribution in [3.8, 4) is 0 Å². The highest BCUT2D eigenvalue weighted by atomic mass is 32.1. The van der Waals surface area contributed by atoms with Crippen molar-refractivity contribution in [1.29, 1.82) is 0 Å². The first kappa shape index (κ1) is 13.6. The molecule has 0 aliphatic carbocycles. The zero-order valence-electron chi connectivity index (χ0n) is 11.5. The molecule has 0 spiro atoms. The van der Waals surface area contributed by atoms with Crippen molar-refractivity contribution >= 4 is 27.4 Å². The quantitative estimate of drug-likeness (QED) is 0.929. The summed E-state index contributed by atoms with van der Waals surface area (Å²) in [6.07, 6.45) is 5.24. The lowest BCUT2D eigenvalue weighted by Crippen LogP contribution is -2.23. The molecule has 1 aromatic heterocycles. The SMILES string of the molecule is O=C(O)c1ccc2scc(CN3CCCCCC3)c2c1. The van der Waals surface area contributed by atoms with Crippen LogP contribution in [0.15, 0.2) is 23.6 Å². The first-order valence-corrected chi connectivity index (χ1v) is 8.08. The zero-order chi connectivity index (χ0) is 13.9. The van der Waals surface area contributed by atoms with Crippen molar-refractivity contribution in [2.75, 3.05) is 13.1 Å². The molecule has 2 heterocycles. The Hall–Kier alpha value is -1.39. The monoisotopic (exact) mass is 289 g/mol. The number of likely N-dealkylation sites (tertiary alicyclic amines) is 1. The summed E-state index contributed by atoms with van der Waals surface area (Å²) in [6, 6.07) is 5.44. The predicted molar refractivity (Wildman–Crippen MR) is 82.5 cm³/mol. The topological polar surface area (TPSA) is 40.5 Å². The fourth-order valence-electron chi connectivity index (χ4n) is 2.87. The predicted octanol–water partition coefficient (Wildman–Crippen LogP) is 3.98. The number of nitrogens with zero attached hydrogens (tertiary/aromatic N) is 1. The third kappa shape index (κ3) is 2.86. The fraction of sp³-hybridized carbons (Fsp3) is 0.438. The van der Waals surface area contributed by atoms with Gasteiger partial charge in [0.15, 0.2) is 0 Å². The lowest BCUT2D eigenvalue weighted by molar-refractivity contribution is 0.0697. The number of rotatable bonds is 3. The van der Waals surface area contributed by atoms with Crippen molar-refractivity contribution in [2.24, 2.45) is 0 Å². The highest BCUT2D eigenvalue weighted by Gasteiger charge is 2.13. The molecule has 1 N–H and O–H groups in total. The molecule has 4 heteroatoms. The van der Waals surface area contributed by atoms with E-state index in [0.29, 0.717) is 5.56 Å². The summed E-state index contributed by atoms with van der Waals surface area (Å²) in [5.41, 5.74) is 1.66. The molecule has 0 atom stereocenters. The van der Waals surface area contributed by atoms with Crippen LogP contribution in [0.5, 0.6) is 0 Å². The molecule has 0 saturated carbocycles. The number of carbonyl (C=O) groups is 1. The summed E-state index contributed by atoms with van der Waals surface area (Å²) in [7, 11) is 0. The van der Waals surface area contributed by atoms with Crippen molar-refractivity contribution < 1.29 is 9.90 Å². The molecule has 0 amide bonds. The maximum absolute atomic E-state index is 11.1. The van der Waals surface area contributed by atoms with Gasteiger partial charge in [-0.15, -0.1) is 11.3 Å². The average Bonchev–Trinajstić information content (AvgIpc) is 2.66. The number of thiophene rings is 1. The van der Waals surface area contributed by atoms with E-state index in [2.05, 4.69) is 10.3 Å². The Morgan fingerprint density at radius 3 is 2.65 bits per heavy atom. The molecule has 0 unspecified atom stereocenters. The van der Waals surface area contributed by atoms with Crippen LogP contribution in [0.1, 0.15) is 41.6 Å². The van der Waals surface area contributed by atoms with Gasteiger partial charge in [0.2, 0.25) is 0 Å². The summed E-state index contributed by atoms with van der Waals surface area (Å²) >= 11 is 1.71. The largest absolute Gasteiger partial charge is 0.478 e. The molecular weight excluding hydrogens is 270 g/mol. The Bertz CT molecular complexity index is 612. The van der Waals surface area contributed by atoms with Gasteiger partial charge in [0.05, 0.1) is 5.56 Å². The molecule has 3 rings (SSSR count). The van der Waals surface area contributed by atoms with Gasteiger partial charge >= 0.3 is 5.97 Å². The maximum atomic E-state index is 11.1. The van der Waals surface area contributed by atoms with Crippen LogP contribution in [0, 0.1) is 0 Å². The van der Waals surface area contributed by atoms with Crippen LogP contribution in [0.2, 0.25) is 0 Å². The third-order valence-corrected chi connectivity index (χ3v) is 5.01. The molecule has 1 saturated heterocycles. The van der Waals surface area contributed by atoms with Gasteiger partial charge in [0.25, 0.3) is 0 Å². The van der Waals surface area contributed by atoms with Crippen LogP contribution in [0.3, 0.4) is 0 Å². The molecule has 0 radical (unpaired) electrons. The molecule has 20 heavy (non-hydrogen) atoms. The Morgan fingerprint density at radius 1 is 1.20 bits per heavy atom. The van der Waals surface area contributed by atoms with E-state index in [1.807, 2.05) is 12.1 Å². The second-order valence-electron chi connectivity index (χ2n) is 5.47. The molecular formula is C16H19NO2S. The van der Waals surface area contributed by atoms with E-state index in [4.69, 9.17) is 5.11 Å². The highest BCUT2D eigenvalue weighted by Crippen LogP contribution is 2.28. The van der Waals surface area contributed by atoms with Gasteiger partial charge in [-0.3, -0.25) is 4.90 Å². The minimum Gasteiger partial charge on any atom is -0.478 e. The fourth-order valence-corrected chi connectivity index (χ4v) is 3.81. The van der Waals surface area contributed by atoms with Crippen LogP contribution >= 0.6 is 11.3 Å². The maximum Gasteiger partial charge on any atom is 0.335 e. The Balaban J connectivity index is 1.86. The summed E-state index contributed by atoms with van der Waals surface area (Å²) in [5.74, 6) is -0.848. The van der Waals surface area contributed by atoms with E-state index in [0.717, 1.165) is 25.0 Å². The molecule has 106 valence electrons. The van der Waals surface area contributed by atoms with E-state index >= 15 is 0 Å². The minimum absolute atomic E-state index is 0.382. The standard InChI is InChI=1S/C16H19NO2S/c18-16(19)12-5-6-15-14(9-12)13(11-20-15)10-17-7-3-1-2-4-8-17/h5-6,9,11H,1-4,7-8,10H2,(H,18,19). The highest BCUT2D eigenvalue weighted by molar-refractivity contribution is 7.17. The normalized spacial score (nSPS) is 17.2. The number of aromatic carboxylic acids is 1. The van der Waals surface area contributed by atoms with Gasteiger partial charge in [0.1, 0.15) is 0 Å². The van der Waals surface area contributed by atoms with E-state index < -0.39 is 5.97 Å². The van der Waals surface area contributed by atoms with E-state index in [9.17, 15) is 4.79 Å². The van der Waals surface area contributed by atoms with Gasteiger partial charge in [-0.1, -0.05) is 12.8 Å². The molecule has 1 aliphatic heterocycles. The molecule has 2 aromatic rings. The number of hydrogen-bond donors (Lipinski definition) is 1. The average molecular weight is 289 g/mol. The number of carboxylic acids is 1. The lowest BCUT2D eigenvalue weighted by atomic mass is 10.1. The summed E-state index contributed by atoms with van der Waals surface area (Å²) in [5, 5.41) is 12.4. The smallest absolute Gasteiger partial charge is 0.335 e. The van der Waals surface area contributed by atoms with Crippen LogP contribution in [0.25, 0.3) is 10.1 Å². The van der Waals surface area contributed by atoms with Crippen LogP contribution in [-0.2, 0) is 6.54 Å². The van der Waals surface area contributed by atoms with Gasteiger partial charge < -0.3 is 5.11 Å². The molecule has 1 aromatic carbocycles. The second-order valence-corrected chi connectivity index (χ2v) is 6.38. The molecule has 1 fully saturated rings. The lowest BCUT2D eigenvalue weighted by Gasteiger charge is -2.19. The summed E-state index contributed by atoms with van der Waals surface area (Å²) < 4.78 is 1.18. The third-order valence-electron chi connectivity index (χ3n) is 3.99. The van der Waals surface area contributed by atoms with E-state index in [1.54, 1.807) is 17.4 Å². The van der Waals surface area contributed by atoms with Gasteiger partial charge in [-0.25, -0.2) is 4.79 Å². The van der Waals surface area contributed by atoms with Crippen molar-refractivity contribution in [1.82, 2.24) is 4.90 Å². The number of benzene rings is 1. The van der Waals surface area contributed by atoms with Crippen LogP contribution in [-0.4, -0.2) is 29.1 Å². The van der Waals surface area contributed by atoms with Crippen molar-refractivity contribution in [3.63, 3.8) is 0 Å². The molecule has 0 bridgehead atoms. The van der Waals surface area contributed by atoms with Gasteiger partial charge in [0, 0.05) is 11.2 Å². The van der Waals surface area contributed by atoms with Gasteiger partial charge in [-0.2, -0.15) is 0 Å². The van der Waals surface area contributed by atoms with Gasteiger partial charge in [-0.05, 0) is 60.5 Å².